The van der Waals surface area contributed by atoms with E-state index in [4.69, 9.17) is 4.74 Å². The minimum atomic E-state index is -3.04. The lowest BCUT2D eigenvalue weighted by molar-refractivity contribution is -0.167. The van der Waals surface area contributed by atoms with Crippen molar-refractivity contribution >= 4 is 17.5 Å². The number of amides is 2. The third-order valence-corrected chi connectivity index (χ3v) is 5.84. The van der Waals surface area contributed by atoms with Crippen LogP contribution in [0.2, 0.25) is 0 Å². The molecule has 192 valence electrons. The molecule has 0 atom stereocenters. The fourth-order valence-corrected chi connectivity index (χ4v) is 4.09. The lowest BCUT2D eigenvalue weighted by atomic mass is 10.0. The van der Waals surface area contributed by atoms with Crippen LogP contribution in [-0.2, 0) is 11.3 Å². The second-order valence-electron chi connectivity index (χ2n) is 8.35. The Morgan fingerprint density at radius 3 is 2.54 bits per heavy atom. The number of ether oxygens (including phenoxy) is 2. The van der Waals surface area contributed by atoms with Crippen LogP contribution in [0.4, 0.5) is 27.6 Å². The van der Waals surface area contributed by atoms with E-state index in [0.717, 1.165) is 17.0 Å². The fourth-order valence-electron chi connectivity index (χ4n) is 4.09. The van der Waals surface area contributed by atoms with Gasteiger partial charge < -0.3 is 19.3 Å². The molecule has 1 aromatic carbocycles. The number of hydrogen-bond acceptors (Lipinski definition) is 6. The van der Waals surface area contributed by atoms with Gasteiger partial charge in [0.25, 0.3) is 17.7 Å². The molecule has 0 saturated carbocycles. The van der Waals surface area contributed by atoms with Crippen molar-refractivity contribution in [1.82, 2.24) is 14.9 Å². The molecule has 2 aliphatic rings. The summed E-state index contributed by atoms with van der Waals surface area (Å²) in [6.07, 6.45) is 2.60. The molecule has 2 aromatic heterocycles. The second-order valence-corrected chi connectivity index (χ2v) is 8.35. The maximum absolute atomic E-state index is 14.0. The van der Waals surface area contributed by atoms with Gasteiger partial charge in [-0.05, 0) is 24.3 Å². The molecule has 0 aliphatic carbocycles. The molecule has 2 aliphatic heterocycles. The van der Waals surface area contributed by atoms with Crippen molar-refractivity contribution < 1.29 is 41.0 Å². The van der Waals surface area contributed by atoms with Crippen LogP contribution in [-0.4, -0.2) is 58.9 Å². The van der Waals surface area contributed by atoms with Crippen molar-refractivity contribution in [2.75, 3.05) is 24.6 Å². The Morgan fingerprint density at radius 1 is 1.08 bits per heavy atom. The monoisotopic (exact) mass is 520 g/mol. The number of rotatable bonds is 7. The number of pyridine rings is 2. The van der Waals surface area contributed by atoms with Gasteiger partial charge in [0.1, 0.15) is 11.6 Å². The Bertz CT molecular complexity index is 1360. The number of nitrogens with zero attached hydrogens (tertiary/aromatic N) is 4. The van der Waals surface area contributed by atoms with Crippen LogP contribution in [0, 0.1) is 5.82 Å². The Labute approximate surface area is 206 Å². The van der Waals surface area contributed by atoms with E-state index in [1.165, 1.54) is 41.6 Å². The maximum Gasteiger partial charge on any atom is 0.388 e. The van der Waals surface area contributed by atoms with Crippen LogP contribution >= 0.6 is 0 Å². The molecule has 0 bridgehead atoms. The van der Waals surface area contributed by atoms with Crippen LogP contribution in [0.5, 0.6) is 11.6 Å². The molecule has 5 rings (SSSR count). The normalized spacial score (nSPS) is 16.0. The highest BCUT2D eigenvalue weighted by atomic mass is 19.3. The van der Waals surface area contributed by atoms with Crippen molar-refractivity contribution in [1.29, 1.82) is 0 Å². The lowest BCUT2D eigenvalue weighted by Gasteiger charge is -2.38. The minimum absolute atomic E-state index is 0.0344. The SMILES string of the molecule is O=C(COc1cc(F)ccc1-c1nccc2c1CN(c1ccc(OC(F)F)nc1)C2=O)N1CC(F)(F)C1. The smallest absolute Gasteiger partial charge is 0.388 e. The molecule has 0 radical (unpaired) electrons. The summed E-state index contributed by atoms with van der Waals surface area (Å²) in [6.45, 7) is -5.01. The summed E-state index contributed by atoms with van der Waals surface area (Å²) in [5.41, 5.74) is 1.67. The molecule has 3 aromatic rings. The molecule has 13 heteroatoms. The van der Waals surface area contributed by atoms with E-state index in [9.17, 15) is 31.5 Å². The predicted octanol–water partition coefficient (Wildman–Crippen LogP) is 3.90. The largest absolute Gasteiger partial charge is 0.483 e. The Kier molecular flexibility index (Phi) is 6.13. The van der Waals surface area contributed by atoms with Gasteiger partial charge in [0.15, 0.2) is 6.61 Å². The van der Waals surface area contributed by atoms with Gasteiger partial charge in [0.05, 0.1) is 37.2 Å². The lowest BCUT2D eigenvalue weighted by Crippen LogP contribution is -2.59. The molecule has 8 nitrogen and oxygen atoms in total. The van der Waals surface area contributed by atoms with Crippen molar-refractivity contribution in [3.8, 4) is 22.9 Å². The molecule has 1 fully saturated rings. The molecule has 37 heavy (non-hydrogen) atoms. The van der Waals surface area contributed by atoms with E-state index in [2.05, 4.69) is 14.7 Å². The number of likely N-dealkylation sites (tertiary alicyclic amines) is 1. The summed E-state index contributed by atoms with van der Waals surface area (Å²) < 4.78 is 74.7. The second kappa shape index (κ2) is 9.30. The summed E-state index contributed by atoms with van der Waals surface area (Å²) in [4.78, 5) is 35.7. The first-order valence-corrected chi connectivity index (χ1v) is 10.9. The average molecular weight is 520 g/mol. The number of halogens is 5. The van der Waals surface area contributed by atoms with Gasteiger partial charge in [0.2, 0.25) is 5.88 Å². The summed E-state index contributed by atoms with van der Waals surface area (Å²) >= 11 is 0. The van der Waals surface area contributed by atoms with Gasteiger partial charge in [-0.15, -0.1) is 0 Å². The first kappa shape index (κ1) is 24.4. The third-order valence-electron chi connectivity index (χ3n) is 5.84. The van der Waals surface area contributed by atoms with E-state index in [-0.39, 0.29) is 29.4 Å². The van der Waals surface area contributed by atoms with Gasteiger partial charge in [-0.1, -0.05) is 0 Å². The van der Waals surface area contributed by atoms with Crippen LogP contribution < -0.4 is 14.4 Å². The Morgan fingerprint density at radius 2 is 1.86 bits per heavy atom. The van der Waals surface area contributed by atoms with E-state index in [1.54, 1.807) is 0 Å². The topological polar surface area (TPSA) is 84.9 Å². The molecule has 0 N–H and O–H groups in total. The minimum Gasteiger partial charge on any atom is -0.483 e. The highest BCUT2D eigenvalue weighted by Crippen LogP contribution is 2.38. The fraction of sp³-hybridized carbons (Fsp3) is 0.250. The first-order chi connectivity index (χ1) is 17.6. The van der Waals surface area contributed by atoms with Gasteiger partial charge in [-0.2, -0.15) is 8.78 Å². The van der Waals surface area contributed by atoms with Gasteiger partial charge in [0, 0.05) is 35.0 Å². The van der Waals surface area contributed by atoms with Crippen LogP contribution in [0.15, 0.2) is 48.8 Å². The zero-order valence-electron chi connectivity index (χ0n) is 18.8. The Hall–Kier alpha value is -4.29. The maximum atomic E-state index is 14.0. The number of fused-ring (bicyclic) bond motifs is 1. The third kappa shape index (κ3) is 4.88. The number of hydrogen-bond donors (Lipinski definition) is 0. The zero-order valence-corrected chi connectivity index (χ0v) is 18.8. The van der Waals surface area contributed by atoms with Gasteiger partial charge >= 0.3 is 6.61 Å². The summed E-state index contributed by atoms with van der Waals surface area (Å²) in [7, 11) is 0. The van der Waals surface area contributed by atoms with E-state index >= 15 is 0 Å². The van der Waals surface area contributed by atoms with Gasteiger partial charge in [-0.25, -0.2) is 18.2 Å². The highest BCUT2D eigenvalue weighted by Gasteiger charge is 2.46. The van der Waals surface area contributed by atoms with Crippen LogP contribution in [0.25, 0.3) is 11.3 Å². The predicted molar refractivity (Wildman–Crippen MR) is 118 cm³/mol. The summed E-state index contributed by atoms with van der Waals surface area (Å²) in [6, 6.07) is 7.67. The number of aromatic nitrogens is 2. The first-order valence-electron chi connectivity index (χ1n) is 10.9. The highest BCUT2D eigenvalue weighted by molar-refractivity contribution is 6.11. The molecule has 2 amide bonds. The van der Waals surface area contributed by atoms with Crippen molar-refractivity contribution in [2.45, 2.75) is 19.1 Å². The number of alkyl halides is 4. The summed E-state index contributed by atoms with van der Waals surface area (Å²) in [5, 5.41) is 0. The van der Waals surface area contributed by atoms with E-state index in [1.807, 2.05) is 0 Å². The molecular weight excluding hydrogens is 503 g/mol. The number of benzene rings is 1. The molecule has 0 unspecified atom stereocenters. The number of anilines is 1. The van der Waals surface area contributed by atoms with E-state index in [0.29, 0.717) is 16.8 Å². The molecule has 0 spiro atoms. The van der Waals surface area contributed by atoms with E-state index < -0.39 is 49.9 Å². The molecular formula is C24H17F5N4O4. The zero-order chi connectivity index (χ0) is 26.3. The van der Waals surface area contributed by atoms with Crippen molar-refractivity contribution in [3.05, 3.63) is 65.7 Å². The quantitative estimate of drug-likeness (QED) is 0.440. The van der Waals surface area contributed by atoms with Crippen LogP contribution in [0.1, 0.15) is 15.9 Å². The standard InChI is InChI=1S/C24H17F5N4O4/c25-13-1-3-16(18(7-13)36-10-20(34)32-11-24(28,29)12-32)21-17-9-33(22(35)15(17)5-6-30-21)14-2-4-19(31-8-14)37-23(26)27/h1-8,23H,9-12H2. The molecule has 4 heterocycles. The Balaban J connectivity index is 1.40. The average Bonchev–Trinajstić information content (AvgIpc) is 3.18. The van der Waals surface area contributed by atoms with Gasteiger partial charge in [-0.3, -0.25) is 14.6 Å². The van der Waals surface area contributed by atoms with Crippen molar-refractivity contribution in [3.63, 3.8) is 0 Å². The number of carbonyl (C=O) groups is 2. The van der Waals surface area contributed by atoms with Crippen LogP contribution in [0.3, 0.4) is 0 Å². The molecule has 1 saturated heterocycles. The summed E-state index contributed by atoms with van der Waals surface area (Å²) in [5.74, 6) is -5.04. The van der Waals surface area contributed by atoms with Crippen molar-refractivity contribution in [2.24, 2.45) is 0 Å². The number of carbonyl (C=O) groups excluding carboxylic acids is 2.